The third-order valence-corrected chi connectivity index (χ3v) is 3.54. The Morgan fingerprint density at radius 3 is 2.31 bits per heavy atom. The van der Waals surface area contributed by atoms with Gasteiger partial charge in [0.05, 0.1) is 7.14 Å². The molecule has 0 heterocycles. The van der Waals surface area contributed by atoms with E-state index in [0.717, 1.165) is 11.1 Å². The molecule has 4 heteroatoms. The number of phenols is 2. The molecule has 13 heavy (non-hydrogen) atoms. The smallest absolute Gasteiger partial charge is 0.172 e. The third-order valence-electron chi connectivity index (χ3n) is 1.63. The number of aromatic hydroxyl groups is 2. The first-order valence-corrected chi connectivity index (χ1v) is 5.66. The van der Waals surface area contributed by atoms with Gasteiger partial charge in [-0.2, -0.15) is 0 Å². The Morgan fingerprint density at radius 1 is 1.31 bits per heavy atom. The number of phenolic OH excluding ortho intramolecular Hbond substituents is 2. The monoisotopic (exact) mass is 402 g/mol. The Morgan fingerprint density at radius 2 is 1.85 bits per heavy atom. The van der Waals surface area contributed by atoms with E-state index in [1.54, 1.807) is 6.07 Å². The summed E-state index contributed by atoms with van der Waals surface area (Å²) >= 11 is 3.96. The van der Waals surface area contributed by atoms with E-state index < -0.39 is 0 Å². The van der Waals surface area contributed by atoms with E-state index in [1.165, 1.54) is 0 Å². The zero-order valence-electron chi connectivity index (χ0n) is 6.93. The normalized spacial score (nSPS) is 10.1. The SMILES string of the molecule is C=C(C)c1cc(I)c(O)c(O)c1I. The summed E-state index contributed by atoms with van der Waals surface area (Å²) in [6.45, 7) is 5.66. The maximum absolute atomic E-state index is 9.51. The summed E-state index contributed by atoms with van der Waals surface area (Å²) in [6.07, 6.45) is 0. The van der Waals surface area contributed by atoms with Gasteiger partial charge in [0.2, 0.25) is 0 Å². The van der Waals surface area contributed by atoms with Gasteiger partial charge in [-0.1, -0.05) is 6.58 Å². The van der Waals surface area contributed by atoms with Gasteiger partial charge in [0, 0.05) is 0 Å². The number of allylic oxidation sites excluding steroid dienone is 1. The van der Waals surface area contributed by atoms with Crippen LogP contribution in [0.2, 0.25) is 0 Å². The summed E-state index contributed by atoms with van der Waals surface area (Å²) in [7, 11) is 0. The lowest BCUT2D eigenvalue weighted by Crippen LogP contribution is -1.88. The van der Waals surface area contributed by atoms with Gasteiger partial charge in [-0.05, 0) is 69.3 Å². The molecule has 1 aromatic rings. The number of halogens is 2. The van der Waals surface area contributed by atoms with E-state index in [9.17, 15) is 10.2 Å². The molecule has 0 aliphatic heterocycles. The summed E-state index contributed by atoms with van der Waals surface area (Å²) in [4.78, 5) is 0. The molecule has 0 bridgehead atoms. The molecule has 0 fully saturated rings. The fourth-order valence-electron chi connectivity index (χ4n) is 0.914. The first-order chi connectivity index (χ1) is 5.95. The van der Waals surface area contributed by atoms with Gasteiger partial charge in [-0.25, -0.2) is 0 Å². The van der Waals surface area contributed by atoms with E-state index in [0.29, 0.717) is 7.14 Å². The predicted octanol–water partition coefficient (Wildman–Crippen LogP) is 3.34. The van der Waals surface area contributed by atoms with Crippen LogP contribution in [0.1, 0.15) is 12.5 Å². The van der Waals surface area contributed by atoms with Crippen molar-refractivity contribution in [1.82, 2.24) is 0 Å². The molecule has 70 valence electrons. The zero-order chi connectivity index (χ0) is 10.2. The van der Waals surface area contributed by atoms with Crippen molar-refractivity contribution < 1.29 is 10.2 Å². The highest BCUT2D eigenvalue weighted by Crippen LogP contribution is 2.38. The van der Waals surface area contributed by atoms with Crippen molar-refractivity contribution in [2.24, 2.45) is 0 Å². The van der Waals surface area contributed by atoms with Crippen LogP contribution in [0.25, 0.3) is 5.57 Å². The molecule has 0 atom stereocenters. The topological polar surface area (TPSA) is 40.5 Å². The van der Waals surface area contributed by atoms with Gasteiger partial charge in [0.1, 0.15) is 0 Å². The molecular formula is C9H8I2O2. The summed E-state index contributed by atoms with van der Waals surface area (Å²) in [5, 5.41) is 18.9. The van der Waals surface area contributed by atoms with E-state index in [-0.39, 0.29) is 11.5 Å². The standard InChI is InChI=1S/C9H8I2O2/c1-4(2)5-3-6(10)8(12)9(13)7(5)11/h3,12-13H,1H2,2H3. The van der Waals surface area contributed by atoms with Crippen molar-refractivity contribution in [2.75, 3.05) is 0 Å². The fourth-order valence-corrected chi connectivity index (χ4v) is 2.35. The van der Waals surface area contributed by atoms with E-state index in [4.69, 9.17) is 0 Å². The van der Waals surface area contributed by atoms with Gasteiger partial charge in [-0.3, -0.25) is 0 Å². The van der Waals surface area contributed by atoms with Gasteiger partial charge in [-0.15, -0.1) is 0 Å². The number of benzene rings is 1. The molecule has 0 aliphatic carbocycles. The fraction of sp³-hybridized carbons (Fsp3) is 0.111. The van der Waals surface area contributed by atoms with Crippen LogP contribution in [0.5, 0.6) is 11.5 Å². The second-order valence-electron chi connectivity index (χ2n) is 2.70. The van der Waals surface area contributed by atoms with Crippen LogP contribution in [0.4, 0.5) is 0 Å². The molecule has 1 aromatic carbocycles. The van der Waals surface area contributed by atoms with Crippen molar-refractivity contribution in [2.45, 2.75) is 6.92 Å². The van der Waals surface area contributed by atoms with Crippen molar-refractivity contribution in [3.05, 3.63) is 25.3 Å². The molecule has 0 unspecified atom stereocenters. The third kappa shape index (κ3) is 2.09. The lowest BCUT2D eigenvalue weighted by molar-refractivity contribution is 0.398. The van der Waals surface area contributed by atoms with Crippen LogP contribution in [0.15, 0.2) is 12.6 Å². The summed E-state index contributed by atoms with van der Waals surface area (Å²) in [5.41, 5.74) is 1.75. The lowest BCUT2D eigenvalue weighted by atomic mass is 10.1. The van der Waals surface area contributed by atoms with Crippen molar-refractivity contribution >= 4 is 50.8 Å². The van der Waals surface area contributed by atoms with Gasteiger partial charge < -0.3 is 10.2 Å². The van der Waals surface area contributed by atoms with Crippen LogP contribution in [-0.4, -0.2) is 10.2 Å². The Kier molecular flexibility index (Phi) is 3.44. The molecular weight excluding hydrogens is 394 g/mol. The molecule has 1 rings (SSSR count). The van der Waals surface area contributed by atoms with Gasteiger partial charge in [0.15, 0.2) is 11.5 Å². The van der Waals surface area contributed by atoms with Crippen LogP contribution in [0.3, 0.4) is 0 Å². The highest BCUT2D eigenvalue weighted by Gasteiger charge is 2.13. The van der Waals surface area contributed by atoms with Crippen molar-refractivity contribution in [3.63, 3.8) is 0 Å². The predicted molar refractivity (Wildman–Crippen MR) is 69.9 cm³/mol. The summed E-state index contributed by atoms with van der Waals surface area (Å²) in [5.74, 6) is -0.125. The number of hydrogen-bond donors (Lipinski definition) is 2. The first kappa shape index (κ1) is 11.1. The molecule has 0 aromatic heterocycles. The largest absolute Gasteiger partial charge is 0.504 e. The average Bonchev–Trinajstić information content (AvgIpc) is 2.07. The van der Waals surface area contributed by atoms with E-state index >= 15 is 0 Å². The molecule has 0 saturated carbocycles. The number of hydrogen-bond acceptors (Lipinski definition) is 2. The lowest BCUT2D eigenvalue weighted by Gasteiger charge is -2.08. The van der Waals surface area contributed by atoms with Crippen LogP contribution in [0, 0.1) is 7.14 Å². The molecule has 2 nitrogen and oxygen atoms in total. The first-order valence-electron chi connectivity index (χ1n) is 3.51. The van der Waals surface area contributed by atoms with Crippen LogP contribution >= 0.6 is 45.2 Å². The molecule has 0 radical (unpaired) electrons. The average molecular weight is 402 g/mol. The quantitative estimate of drug-likeness (QED) is 0.559. The minimum Gasteiger partial charge on any atom is -0.504 e. The maximum atomic E-state index is 9.51. The minimum absolute atomic E-state index is 0.0602. The van der Waals surface area contributed by atoms with E-state index in [2.05, 4.69) is 6.58 Å². The summed E-state index contributed by atoms with van der Waals surface area (Å²) in [6, 6.07) is 1.81. The molecule has 0 amide bonds. The van der Waals surface area contributed by atoms with E-state index in [1.807, 2.05) is 52.1 Å². The second-order valence-corrected chi connectivity index (χ2v) is 4.94. The molecule has 0 spiro atoms. The molecule has 0 saturated heterocycles. The van der Waals surface area contributed by atoms with Crippen LogP contribution in [-0.2, 0) is 0 Å². The maximum Gasteiger partial charge on any atom is 0.172 e. The van der Waals surface area contributed by atoms with Crippen molar-refractivity contribution in [3.8, 4) is 11.5 Å². The van der Waals surface area contributed by atoms with Crippen molar-refractivity contribution in [1.29, 1.82) is 0 Å². The molecule has 2 N–H and O–H groups in total. The highest BCUT2D eigenvalue weighted by molar-refractivity contribution is 14.1. The zero-order valence-corrected chi connectivity index (χ0v) is 11.2. The Bertz CT molecular complexity index is 372. The van der Waals surface area contributed by atoms with Gasteiger partial charge >= 0.3 is 0 Å². The second kappa shape index (κ2) is 4.04. The van der Waals surface area contributed by atoms with Crippen LogP contribution < -0.4 is 0 Å². The molecule has 0 aliphatic rings. The Balaban J connectivity index is 3.50. The Hall–Kier alpha value is 0.0200. The van der Waals surface area contributed by atoms with Gasteiger partial charge in [0.25, 0.3) is 0 Å². The Labute approximate surface area is 104 Å². The minimum atomic E-state index is -0.0644. The number of rotatable bonds is 1. The highest BCUT2D eigenvalue weighted by atomic mass is 127. The summed E-state index contributed by atoms with van der Waals surface area (Å²) < 4.78 is 1.27.